The first-order valence-electron chi connectivity index (χ1n) is 11.6. The molecule has 0 bridgehead atoms. The standard InChI is InChI=1S/C28H28N6O2/c1-29-28-7-5-6-20(31-28)18-34(22-12-23(35-3)15-24(13-22)36-4)21-8-9-25-26(14-21)32-27(16-30-25)19-10-11-33(2)17-19/h5-17H,18H2,1-4H3,(H,29,31). The molecule has 0 unspecified atom stereocenters. The maximum atomic E-state index is 5.55. The molecular formula is C28H28N6O2. The highest BCUT2D eigenvalue weighted by Crippen LogP contribution is 2.35. The molecular weight excluding hydrogens is 452 g/mol. The first kappa shape index (κ1) is 23.2. The molecule has 0 amide bonds. The van der Waals surface area contributed by atoms with Gasteiger partial charge in [0.15, 0.2) is 0 Å². The molecule has 0 aliphatic carbocycles. The predicted octanol–water partition coefficient (Wildman–Crippen LogP) is 5.43. The Morgan fingerprint density at radius 2 is 1.69 bits per heavy atom. The molecule has 0 saturated carbocycles. The Balaban J connectivity index is 1.62. The molecule has 0 saturated heterocycles. The Morgan fingerprint density at radius 3 is 2.39 bits per heavy atom. The normalized spacial score (nSPS) is 10.9. The summed E-state index contributed by atoms with van der Waals surface area (Å²) in [6.07, 6.45) is 5.85. The van der Waals surface area contributed by atoms with E-state index in [1.807, 2.05) is 91.9 Å². The van der Waals surface area contributed by atoms with Crippen LogP contribution in [0.5, 0.6) is 11.5 Å². The fraction of sp³-hybridized carbons (Fsp3) is 0.179. The first-order valence-corrected chi connectivity index (χ1v) is 11.6. The summed E-state index contributed by atoms with van der Waals surface area (Å²) in [5.74, 6) is 2.23. The van der Waals surface area contributed by atoms with Crippen molar-refractivity contribution in [3.8, 4) is 22.8 Å². The second-order valence-electron chi connectivity index (χ2n) is 8.42. The quantitative estimate of drug-likeness (QED) is 0.317. The summed E-state index contributed by atoms with van der Waals surface area (Å²) >= 11 is 0. The summed E-state index contributed by atoms with van der Waals surface area (Å²) in [5, 5.41) is 3.11. The Bertz CT molecular complexity index is 1490. The van der Waals surface area contributed by atoms with Gasteiger partial charge in [0.2, 0.25) is 0 Å². The third kappa shape index (κ3) is 4.79. The number of hydrogen-bond acceptors (Lipinski definition) is 7. The summed E-state index contributed by atoms with van der Waals surface area (Å²) in [4.78, 5) is 16.5. The zero-order valence-corrected chi connectivity index (χ0v) is 20.8. The SMILES string of the molecule is CNc1cccc(CN(c2cc(OC)cc(OC)c2)c2ccc3ncc(-c4ccn(C)c4)nc3c2)n1. The monoisotopic (exact) mass is 480 g/mol. The van der Waals surface area contributed by atoms with Crippen LogP contribution in [0.2, 0.25) is 0 Å². The predicted molar refractivity (Wildman–Crippen MR) is 143 cm³/mol. The smallest absolute Gasteiger partial charge is 0.126 e. The fourth-order valence-electron chi connectivity index (χ4n) is 4.11. The largest absolute Gasteiger partial charge is 0.497 e. The molecule has 0 aliphatic heterocycles. The molecule has 0 radical (unpaired) electrons. The molecule has 3 heterocycles. The third-order valence-corrected chi connectivity index (χ3v) is 6.00. The van der Waals surface area contributed by atoms with Crippen LogP contribution in [-0.4, -0.2) is 40.8 Å². The summed E-state index contributed by atoms with van der Waals surface area (Å²) < 4.78 is 13.1. The molecule has 0 fully saturated rings. The van der Waals surface area contributed by atoms with E-state index >= 15 is 0 Å². The van der Waals surface area contributed by atoms with E-state index in [0.717, 1.165) is 45.2 Å². The topological polar surface area (TPSA) is 77.3 Å². The lowest BCUT2D eigenvalue weighted by molar-refractivity contribution is 0.394. The number of anilines is 3. The van der Waals surface area contributed by atoms with Crippen LogP contribution in [0, 0.1) is 0 Å². The van der Waals surface area contributed by atoms with Crippen LogP contribution in [0.4, 0.5) is 17.2 Å². The van der Waals surface area contributed by atoms with Gasteiger partial charge in [0.1, 0.15) is 17.3 Å². The second-order valence-corrected chi connectivity index (χ2v) is 8.42. The molecule has 0 spiro atoms. The minimum Gasteiger partial charge on any atom is -0.497 e. The molecule has 3 aromatic heterocycles. The number of nitrogens with zero attached hydrogens (tertiary/aromatic N) is 5. The lowest BCUT2D eigenvalue weighted by Gasteiger charge is -2.26. The van der Waals surface area contributed by atoms with Crippen LogP contribution in [0.25, 0.3) is 22.3 Å². The summed E-state index contributed by atoms with van der Waals surface area (Å²) in [6, 6.07) is 19.9. The van der Waals surface area contributed by atoms with Crippen molar-refractivity contribution in [2.75, 3.05) is 31.5 Å². The van der Waals surface area contributed by atoms with Crippen LogP contribution >= 0.6 is 0 Å². The minimum absolute atomic E-state index is 0.531. The van der Waals surface area contributed by atoms with Crippen LogP contribution in [-0.2, 0) is 13.6 Å². The molecule has 0 atom stereocenters. The van der Waals surface area contributed by atoms with Crippen LogP contribution < -0.4 is 19.7 Å². The van der Waals surface area contributed by atoms with Gasteiger partial charge in [-0.25, -0.2) is 9.97 Å². The van der Waals surface area contributed by atoms with E-state index in [1.54, 1.807) is 14.2 Å². The molecule has 8 nitrogen and oxygen atoms in total. The van der Waals surface area contributed by atoms with Gasteiger partial charge in [-0.05, 0) is 36.4 Å². The molecule has 182 valence electrons. The first-order chi connectivity index (χ1) is 17.6. The van der Waals surface area contributed by atoms with Gasteiger partial charge in [0, 0.05) is 61.6 Å². The lowest BCUT2D eigenvalue weighted by atomic mass is 10.1. The number of methoxy groups -OCH3 is 2. The van der Waals surface area contributed by atoms with Gasteiger partial charge in [0.25, 0.3) is 0 Å². The van der Waals surface area contributed by atoms with Crippen molar-refractivity contribution in [1.82, 2.24) is 19.5 Å². The Kier molecular flexibility index (Phi) is 6.40. The van der Waals surface area contributed by atoms with Crippen molar-refractivity contribution in [2.45, 2.75) is 6.54 Å². The van der Waals surface area contributed by atoms with Crippen molar-refractivity contribution >= 4 is 28.2 Å². The molecule has 36 heavy (non-hydrogen) atoms. The van der Waals surface area contributed by atoms with Crippen LogP contribution in [0.15, 0.2) is 79.3 Å². The molecule has 8 heteroatoms. The maximum Gasteiger partial charge on any atom is 0.126 e. The van der Waals surface area contributed by atoms with Crippen molar-refractivity contribution in [1.29, 1.82) is 0 Å². The van der Waals surface area contributed by atoms with Gasteiger partial charge < -0.3 is 24.3 Å². The number of nitrogens with one attached hydrogen (secondary N) is 1. The fourth-order valence-corrected chi connectivity index (χ4v) is 4.11. The zero-order chi connectivity index (χ0) is 25.1. The summed E-state index contributed by atoms with van der Waals surface area (Å²) in [7, 11) is 7.16. The molecule has 5 aromatic rings. The Hall–Kier alpha value is -4.59. The number of fused-ring (bicyclic) bond motifs is 1. The van der Waals surface area contributed by atoms with Crippen LogP contribution in [0.3, 0.4) is 0 Å². The summed E-state index contributed by atoms with van der Waals surface area (Å²) in [6.45, 7) is 0.531. The van der Waals surface area contributed by atoms with Gasteiger partial charge in [-0.1, -0.05) is 6.07 Å². The average Bonchev–Trinajstić information content (AvgIpc) is 3.37. The zero-order valence-electron chi connectivity index (χ0n) is 20.8. The highest BCUT2D eigenvalue weighted by Gasteiger charge is 2.16. The molecule has 0 aliphatic rings. The number of aryl methyl sites for hydroxylation is 1. The lowest BCUT2D eigenvalue weighted by Crippen LogP contribution is -2.18. The third-order valence-electron chi connectivity index (χ3n) is 6.00. The van der Waals surface area contributed by atoms with Gasteiger partial charge in [-0.3, -0.25) is 4.98 Å². The number of aromatic nitrogens is 4. The van der Waals surface area contributed by atoms with E-state index < -0.39 is 0 Å². The van der Waals surface area contributed by atoms with E-state index in [0.29, 0.717) is 18.0 Å². The highest BCUT2D eigenvalue weighted by atomic mass is 16.5. The van der Waals surface area contributed by atoms with Gasteiger partial charge in [-0.15, -0.1) is 0 Å². The van der Waals surface area contributed by atoms with Gasteiger partial charge >= 0.3 is 0 Å². The summed E-state index contributed by atoms with van der Waals surface area (Å²) in [5.41, 5.74) is 6.27. The number of pyridine rings is 1. The highest BCUT2D eigenvalue weighted by molar-refractivity contribution is 5.82. The second kappa shape index (κ2) is 9.95. The van der Waals surface area contributed by atoms with Crippen molar-refractivity contribution < 1.29 is 9.47 Å². The molecule has 1 N–H and O–H groups in total. The average molecular weight is 481 g/mol. The minimum atomic E-state index is 0.531. The van der Waals surface area contributed by atoms with Gasteiger partial charge in [-0.2, -0.15) is 0 Å². The van der Waals surface area contributed by atoms with E-state index in [1.165, 1.54) is 0 Å². The van der Waals surface area contributed by atoms with E-state index in [-0.39, 0.29) is 0 Å². The van der Waals surface area contributed by atoms with E-state index in [9.17, 15) is 0 Å². The van der Waals surface area contributed by atoms with Crippen molar-refractivity contribution in [3.05, 3.63) is 84.9 Å². The molecule has 2 aromatic carbocycles. The van der Waals surface area contributed by atoms with Crippen molar-refractivity contribution in [3.63, 3.8) is 0 Å². The van der Waals surface area contributed by atoms with E-state index in [4.69, 9.17) is 19.4 Å². The number of rotatable bonds is 8. The molecule has 5 rings (SSSR count). The Labute approximate surface area is 210 Å². The maximum absolute atomic E-state index is 5.55. The van der Waals surface area contributed by atoms with Crippen LogP contribution in [0.1, 0.15) is 5.69 Å². The number of ether oxygens (including phenoxy) is 2. The Morgan fingerprint density at radius 1 is 0.889 bits per heavy atom. The number of hydrogen-bond donors (Lipinski definition) is 1. The van der Waals surface area contributed by atoms with E-state index in [2.05, 4.69) is 21.3 Å². The van der Waals surface area contributed by atoms with Crippen molar-refractivity contribution in [2.24, 2.45) is 7.05 Å². The number of benzene rings is 2. The van der Waals surface area contributed by atoms with Gasteiger partial charge in [0.05, 0.1) is 49.4 Å².